The van der Waals surface area contributed by atoms with Crippen molar-refractivity contribution in [3.63, 3.8) is 0 Å². The normalized spacial score (nSPS) is 19.3. The van der Waals surface area contributed by atoms with Crippen LogP contribution in [0.5, 0.6) is 0 Å². The Bertz CT molecular complexity index is 634. The number of aromatic nitrogens is 1. The standard InChI is InChI=1S/C17H23N3OS2/c1-12(17-19-14-5-3-4-6-15(14)23-17)9-18-16(21)10-20(2)13-7-8-22-11-13/h3-6,12-13H,7-11H2,1-2H3,(H,18,21)/t12-,13+/m1/s1. The van der Waals surface area contributed by atoms with E-state index in [1.165, 1.54) is 16.9 Å². The van der Waals surface area contributed by atoms with E-state index in [1.807, 2.05) is 37.0 Å². The first kappa shape index (κ1) is 16.7. The largest absolute Gasteiger partial charge is 0.354 e. The second kappa shape index (κ2) is 7.64. The van der Waals surface area contributed by atoms with Gasteiger partial charge in [0.1, 0.15) is 0 Å². The number of nitrogens with zero attached hydrogens (tertiary/aromatic N) is 2. The van der Waals surface area contributed by atoms with Crippen molar-refractivity contribution < 1.29 is 4.79 Å². The summed E-state index contributed by atoms with van der Waals surface area (Å²) in [4.78, 5) is 19.0. The van der Waals surface area contributed by atoms with Crippen LogP contribution in [0.15, 0.2) is 24.3 Å². The minimum Gasteiger partial charge on any atom is -0.354 e. The highest BCUT2D eigenvalue weighted by Crippen LogP contribution is 2.26. The van der Waals surface area contributed by atoms with Crippen LogP contribution in [0.25, 0.3) is 10.2 Å². The highest BCUT2D eigenvalue weighted by molar-refractivity contribution is 7.99. The third kappa shape index (κ3) is 4.25. The minimum absolute atomic E-state index is 0.109. The summed E-state index contributed by atoms with van der Waals surface area (Å²) in [5.74, 6) is 2.71. The molecule has 1 aliphatic rings. The summed E-state index contributed by atoms with van der Waals surface area (Å²) < 4.78 is 1.21. The summed E-state index contributed by atoms with van der Waals surface area (Å²) in [6.07, 6.45) is 1.19. The van der Waals surface area contributed by atoms with Crippen molar-refractivity contribution in [3.8, 4) is 0 Å². The number of likely N-dealkylation sites (N-methyl/N-ethyl adjacent to an activating group) is 1. The van der Waals surface area contributed by atoms with Crippen molar-refractivity contribution in [3.05, 3.63) is 29.3 Å². The fourth-order valence-electron chi connectivity index (χ4n) is 2.74. The SMILES string of the molecule is C[C@H](CNC(=O)CN(C)[C@H]1CCSC1)c1nc2ccccc2s1. The molecule has 3 rings (SSSR count). The van der Waals surface area contributed by atoms with Crippen molar-refractivity contribution >= 4 is 39.2 Å². The average Bonchev–Trinajstić information content (AvgIpc) is 3.21. The first-order chi connectivity index (χ1) is 11.1. The Morgan fingerprint density at radius 3 is 3.04 bits per heavy atom. The Balaban J connectivity index is 1.49. The lowest BCUT2D eigenvalue weighted by Crippen LogP contribution is -2.41. The van der Waals surface area contributed by atoms with Crippen molar-refractivity contribution in [2.75, 3.05) is 31.6 Å². The topological polar surface area (TPSA) is 45.2 Å². The van der Waals surface area contributed by atoms with E-state index in [0.717, 1.165) is 16.3 Å². The molecule has 23 heavy (non-hydrogen) atoms. The quantitative estimate of drug-likeness (QED) is 0.871. The number of amides is 1. The highest BCUT2D eigenvalue weighted by atomic mass is 32.2. The molecule has 1 fully saturated rings. The molecule has 6 heteroatoms. The number of benzene rings is 1. The van der Waals surface area contributed by atoms with Crippen LogP contribution in [0, 0.1) is 0 Å². The van der Waals surface area contributed by atoms with Gasteiger partial charge in [0, 0.05) is 24.3 Å². The first-order valence-electron chi connectivity index (χ1n) is 8.03. The lowest BCUT2D eigenvalue weighted by molar-refractivity contribution is -0.122. The molecule has 2 atom stereocenters. The Kier molecular flexibility index (Phi) is 5.56. The predicted molar refractivity (Wildman–Crippen MR) is 99.4 cm³/mol. The lowest BCUT2D eigenvalue weighted by atomic mass is 10.2. The van der Waals surface area contributed by atoms with Crippen LogP contribution in [0.3, 0.4) is 0 Å². The summed E-state index contributed by atoms with van der Waals surface area (Å²) in [5, 5.41) is 4.15. The monoisotopic (exact) mass is 349 g/mol. The number of thiazole rings is 1. The van der Waals surface area contributed by atoms with Crippen LogP contribution in [0.4, 0.5) is 0 Å². The number of thioether (sulfide) groups is 1. The van der Waals surface area contributed by atoms with E-state index in [4.69, 9.17) is 0 Å². The Labute approximate surface area is 145 Å². The number of nitrogens with one attached hydrogen (secondary N) is 1. The van der Waals surface area contributed by atoms with Gasteiger partial charge in [-0.1, -0.05) is 19.1 Å². The van der Waals surface area contributed by atoms with Crippen LogP contribution < -0.4 is 5.32 Å². The molecule has 0 spiro atoms. The maximum Gasteiger partial charge on any atom is 0.234 e. The Morgan fingerprint density at radius 1 is 1.48 bits per heavy atom. The highest BCUT2D eigenvalue weighted by Gasteiger charge is 2.22. The summed E-state index contributed by atoms with van der Waals surface area (Å²) in [5.41, 5.74) is 1.05. The molecule has 1 aliphatic heterocycles. The van der Waals surface area contributed by atoms with Gasteiger partial charge in [-0.2, -0.15) is 11.8 Å². The van der Waals surface area contributed by atoms with Crippen LogP contribution in [0.2, 0.25) is 0 Å². The number of hydrogen-bond donors (Lipinski definition) is 1. The number of rotatable bonds is 6. The second-order valence-corrected chi connectivity index (χ2v) is 8.37. The molecule has 0 radical (unpaired) electrons. The maximum absolute atomic E-state index is 12.1. The Hall–Kier alpha value is -1.11. The molecule has 1 saturated heterocycles. The van der Waals surface area contributed by atoms with Gasteiger partial charge < -0.3 is 5.32 Å². The van der Waals surface area contributed by atoms with E-state index in [2.05, 4.69) is 28.2 Å². The molecule has 2 heterocycles. The van der Waals surface area contributed by atoms with E-state index >= 15 is 0 Å². The van der Waals surface area contributed by atoms with Crippen LogP contribution >= 0.6 is 23.1 Å². The van der Waals surface area contributed by atoms with Gasteiger partial charge >= 0.3 is 0 Å². The molecule has 0 unspecified atom stereocenters. The van der Waals surface area contributed by atoms with Gasteiger partial charge in [-0.15, -0.1) is 11.3 Å². The summed E-state index contributed by atoms with van der Waals surface area (Å²) >= 11 is 3.69. The van der Waals surface area contributed by atoms with Crippen molar-refractivity contribution in [2.45, 2.75) is 25.3 Å². The summed E-state index contributed by atoms with van der Waals surface area (Å²) in [6.45, 7) is 3.25. The first-order valence-corrected chi connectivity index (χ1v) is 10.0. The third-order valence-corrected chi connectivity index (χ3v) is 6.67. The lowest BCUT2D eigenvalue weighted by Gasteiger charge is -2.23. The number of hydrogen-bond acceptors (Lipinski definition) is 5. The zero-order chi connectivity index (χ0) is 16.2. The van der Waals surface area contributed by atoms with E-state index in [0.29, 0.717) is 19.1 Å². The predicted octanol–water partition coefficient (Wildman–Crippen LogP) is 2.95. The molecule has 0 bridgehead atoms. The van der Waals surface area contributed by atoms with E-state index in [1.54, 1.807) is 11.3 Å². The fourth-order valence-corrected chi connectivity index (χ4v) is 5.05. The summed E-state index contributed by atoms with van der Waals surface area (Å²) in [7, 11) is 2.05. The molecule has 0 aliphatic carbocycles. The number of para-hydroxylation sites is 1. The molecule has 1 amide bonds. The average molecular weight is 350 g/mol. The van der Waals surface area contributed by atoms with Gasteiger partial charge in [0.25, 0.3) is 0 Å². The number of fused-ring (bicyclic) bond motifs is 1. The molecule has 4 nitrogen and oxygen atoms in total. The van der Waals surface area contributed by atoms with Gasteiger partial charge in [0.2, 0.25) is 5.91 Å². The molecule has 1 aromatic carbocycles. The fraction of sp³-hybridized carbons (Fsp3) is 0.529. The smallest absolute Gasteiger partial charge is 0.234 e. The van der Waals surface area contributed by atoms with Gasteiger partial charge in [-0.05, 0) is 31.4 Å². The number of carbonyl (C=O) groups is 1. The van der Waals surface area contributed by atoms with Gasteiger partial charge in [-0.25, -0.2) is 4.98 Å². The van der Waals surface area contributed by atoms with Crippen molar-refractivity contribution in [1.82, 2.24) is 15.2 Å². The zero-order valence-corrected chi connectivity index (χ0v) is 15.3. The van der Waals surface area contributed by atoms with Crippen molar-refractivity contribution in [2.24, 2.45) is 0 Å². The molecular formula is C17H23N3OS2. The van der Waals surface area contributed by atoms with E-state index in [9.17, 15) is 4.79 Å². The molecule has 1 N–H and O–H groups in total. The van der Waals surface area contributed by atoms with Gasteiger partial charge in [0.05, 0.1) is 21.8 Å². The molecule has 124 valence electrons. The van der Waals surface area contributed by atoms with Crippen LogP contribution in [-0.4, -0.2) is 53.5 Å². The molecule has 2 aromatic rings. The zero-order valence-electron chi connectivity index (χ0n) is 13.6. The Morgan fingerprint density at radius 2 is 2.30 bits per heavy atom. The van der Waals surface area contributed by atoms with E-state index < -0.39 is 0 Å². The summed E-state index contributed by atoms with van der Waals surface area (Å²) in [6, 6.07) is 8.72. The van der Waals surface area contributed by atoms with Crippen LogP contribution in [-0.2, 0) is 4.79 Å². The number of carbonyl (C=O) groups excluding carboxylic acids is 1. The second-order valence-electron chi connectivity index (χ2n) is 6.16. The van der Waals surface area contributed by atoms with Crippen LogP contribution in [0.1, 0.15) is 24.3 Å². The van der Waals surface area contributed by atoms with E-state index in [-0.39, 0.29) is 11.8 Å². The van der Waals surface area contributed by atoms with Gasteiger partial charge in [-0.3, -0.25) is 9.69 Å². The molecular weight excluding hydrogens is 326 g/mol. The molecule has 0 saturated carbocycles. The third-order valence-electron chi connectivity index (χ3n) is 4.26. The van der Waals surface area contributed by atoms with Crippen molar-refractivity contribution in [1.29, 1.82) is 0 Å². The minimum atomic E-state index is 0.109. The maximum atomic E-state index is 12.1. The molecule has 1 aromatic heterocycles. The van der Waals surface area contributed by atoms with Gasteiger partial charge in [0.15, 0.2) is 0 Å².